The van der Waals surface area contributed by atoms with Crippen LogP contribution < -0.4 is 68.2 Å². The van der Waals surface area contributed by atoms with Gasteiger partial charge in [0.1, 0.15) is 0 Å². The van der Waals surface area contributed by atoms with Crippen molar-refractivity contribution in [2.24, 2.45) is 0 Å². The second-order valence-electron chi connectivity index (χ2n) is 6.53. The Hall–Kier alpha value is -1.33. The molecule has 1 aliphatic rings. The Kier molecular flexibility index (Phi) is 6.98. The van der Waals surface area contributed by atoms with E-state index in [-0.39, 0.29) is 75.9 Å². The maximum atomic E-state index is 13.4. The fraction of sp³-hybridized carbons (Fsp3) is 0.182. The molecule has 4 nitrogen and oxygen atoms in total. The molecule has 0 saturated heterocycles. The first-order valence-electron chi connectivity index (χ1n) is 8.79. The summed E-state index contributed by atoms with van der Waals surface area (Å²) >= 11 is 0. The summed E-state index contributed by atoms with van der Waals surface area (Å²) in [5, 5.41) is 11.7. The maximum absolute atomic E-state index is 13.4. The van der Waals surface area contributed by atoms with Crippen LogP contribution in [0.5, 0.6) is 5.88 Å². The van der Waals surface area contributed by atoms with Gasteiger partial charge < -0.3 is 10.0 Å². The van der Waals surface area contributed by atoms with E-state index in [0.29, 0.717) is 18.7 Å². The van der Waals surface area contributed by atoms with Gasteiger partial charge in [0.2, 0.25) is 5.91 Å². The summed E-state index contributed by atoms with van der Waals surface area (Å²) in [6, 6.07) is 22.9. The van der Waals surface area contributed by atoms with Crippen molar-refractivity contribution in [2.45, 2.75) is 25.3 Å². The standard InChI is InChI=1S/C22H20N2O2.Rb/c25-20-14-12-17-11-13-19(21(17)23-20)22(26)24(18-9-5-2-6-10-18)15-16-7-3-1-4-8-16;/h1-10,12,14,19H,11,13,15H2,(H,23,25);/q;+1/p-1. The van der Waals surface area contributed by atoms with Crippen LogP contribution in [0.1, 0.15) is 29.2 Å². The number of anilines is 1. The van der Waals surface area contributed by atoms with E-state index >= 15 is 0 Å². The second-order valence-corrected chi connectivity index (χ2v) is 6.53. The average Bonchev–Trinajstić information content (AvgIpc) is 3.10. The first kappa shape index (κ1) is 20.4. The Labute approximate surface area is 208 Å². The molecule has 0 aliphatic heterocycles. The van der Waals surface area contributed by atoms with E-state index in [2.05, 4.69) is 4.98 Å². The molecule has 2 aromatic carbocycles. The molecule has 5 heteroatoms. The van der Waals surface area contributed by atoms with E-state index in [4.69, 9.17) is 0 Å². The van der Waals surface area contributed by atoms with E-state index in [0.717, 1.165) is 23.2 Å². The van der Waals surface area contributed by atoms with Crippen LogP contribution in [0.2, 0.25) is 0 Å². The van der Waals surface area contributed by atoms with Crippen molar-refractivity contribution in [3.8, 4) is 5.88 Å². The molecule has 1 unspecified atom stereocenters. The number of pyridine rings is 1. The molecule has 27 heavy (non-hydrogen) atoms. The number of amides is 1. The number of benzene rings is 2. The van der Waals surface area contributed by atoms with Gasteiger partial charge in [-0.25, -0.2) is 0 Å². The Morgan fingerprint density at radius 1 is 1.00 bits per heavy atom. The number of hydrogen-bond donors (Lipinski definition) is 0. The summed E-state index contributed by atoms with van der Waals surface area (Å²) in [7, 11) is 0. The molecular weight excluding hydrogens is 410 g/mol. The summed E-state index contributed by atoms with van der Waals surface area (Å²) in [6.07, 6.45) is 1.48. The normalized spacial score (nSPS) is 14.9. The molecular formula is C22H19N2O2Rb. The fourth-order valence-electron chi connectivity index (χ4n) is 3.53. The number of carbonyl (C=O) groups is 1. The third-order valence-electron chi connectivity index (χ3n) is 4.83. The van der Waals surface area contributed by atoms with E-state index in [1.165, 1.54) is 6.07 Å². The summed E-state index contributed by atoms with van der Waals surface area (Å²) in [4.78, 5) is 19.3. The van der Waals surface area contributed by atoms with Crippen LogP contribution in [0.15, 0.2) is 72.8 Å². The SMILES string of the molecule is O=C(C1CCc2ccc([O-])nc21)N(Cc1ccccc1)c1ccccc1.[Rb+]. The zero-order valence-corrected chi connectivity index (χ0v) is 20.3. The molecule has 1 aliphatic carbocycles. The number of carbonyl (C=O) groups excluding carboxylic acids is 1. The molecule has 130 valence electrons. The Balaban J connectivity index is 0.00000210. The first-order valence-corrected chi connectivity index (χ1v) is 8.79. The molecule has 1 heterocycles. The van der Waals surface area contributed by atoms with Gasteiger partial charge in [0.05, 0.1) is 18.2 Å². The van der Waals surface area contributed by atoms with Gasteiger partial charge in [0, 0.05) is 5.69 Å². The summed E-state index contributed by atoms with van der Waals surface area (Å²) in [5.41, 5.74) is 3.58. The quantitative estimate of drug-likeness (QED) is 0.605. The topological polar surface area (TPSA) is 56.3 Å². The smallest absolute Gasteiger partial charge is 0.859 e. The molecule has 0 fully saturated rings. The van der Waals surface area contributed by atoms with Gasteiger partial charge in [-0.3, -0.25) is 9.78 Å². The Bertz CT molecular complexity index is 916. The van der Waals surface area contributed by atoms with E-state index in [9.17, 15) is 9.90 Å². The summed E-state index contributed by atoms with van der Waals surface area (Å²) in [6.45, 7) is 0.493. The monoisotopic (exact) mass is 428 g/mol. The van der Waals surface area contributed by atoms with Crippen molar-refractivity contribution in [1.82, 2.24) is 4.98 Å². The minimum Gasteiger partial charge on any atom is -0.859 e. The third kappa shape index (κ3) is 4.57. The van der Waals surface area contributed by atoms with Crippen molar-refractivity contribution in [1.29, 1.82) is 0 Å². The number of nitrogens with zero attached hydrogens (tertiary/aromatic N) is 2. The van der Waals surface area contributed by atoms with Crippen LogP contribution in [0.3, 0.4) is 0 Å². The molecule has 0 radical (unpaired) electrons. The van der Waals surface area contributed by atoms with Gasteiger partial charge in [-0.1, -0.05) is 60.7 Å². The minimum absolute atomic E-state index is 0. The number of hydrogen-bond acceptors (Lipinski definition) is 3. The van der Waals surface area contributed by atoms with Crippen LogP contribution in [-0.2, 0) is 17.8 Å². The van der Waals surface area contributed by atoms with Crippen LogP contribution >= 0.6 is 0 Å². The van der Waals surface area contributed by atoms with E-state index in [1.54, 1.807) is 4.90 Å². The van der Waals surface area contributed by atoms with Gasteiger partial charge in [-0.2, -0.15) is 0 Å². The average molecular weight is 429 g/mol. The largest absolute Gasteiger partial charge is 1.00 e. The van der Waals surface area contributed by atoms with Gasteiger partial charge in [-0.15, -0.1) is 0 Å². The molecule has 3 aromatic rings. The van der Waals surface area contributed by atoms with E-state index in [1.807, 2.05) is 66.7 Å². The maximum Gasteiger partial charge on any atom is 1.00 e. The van der Waals surface area contributed by atoms with Gasteiger partial charge in [-0.05, 0) is 42.0 Å². The zero-order chi connectivity index (χ0) is 17.9. The molecule has 1 aromatic heterocycles. The molecule has 1 atom stereocenters. The van der Waals surface area contributed by atoms with Crippen molar-refractivity contribution in [3.05, 3.63) is 89.6 Å². The van der Waals surface area contributed by atoms with Crippen molar-refractivity contribution in [2.75, 3.05) is 4.90 Å². The van der Waals surface area contributed by atoms with Crippen molar-refractivity contribution < 1.29 is 68.1 Å². The van der Waals surface area contributed by atoms with E-state index < -0.39 is 0 Å². The molecule has 4 rings (SSSR count). The molecule has 0 spiro atoms. The predicted molar refractivity (Wildman–Crippen MR) is 98.8 cm³/mol. The first-order chi connectivity index (χ1) is 12.7. The van der Waals surface area contributed by atoms with Gasteiger partial charge >= 0.3 is 58.2 Å². The minimum atomic E-state index is -0.359. The number of aryl methyl sites for hydroxylation is 1. The van der Waals surface area contributed by atoms with Crippen LogP contribution in [0.25, 0.3) is 0 Å². The van der Waals surface area contributed by atoms with Gasteiger partial charge in [0.15, 0.2) is 0 Å². The molecule has 0 bridgehead atoms. The molecule has 0 N–H and O–H groups in total. The number of aromatic nitrogens is 1. The van der Waals surface area contributed by atoms with Crippen LogP contribution in [0.4, 0.5) is 5.69 Å². The predicted octanol–water partition coefficient (Wildman–Crippen LogP) is 0.422. The number of para-hydroxylation sites is 1. The number of rotatable bonds is 4. The Morgan fingerprint density at radius 2 is 1.67 bits per heavy atom. The second kappa shape index (κ2) is 9.24. The van der Waals surface area contributed by atoms with Crippen LogP contribution in [0, 0.1) is 0 Å². The summed E-state index contributed by atoms with van der Waals surface area (Å²) in [5.74, 6) is -0.641. The summed E-state index contributed by atoms with van der Waals surface area (Å²) < 4.78 is 0. The van der Waals surface area contributed by atoms with Crippen molar-refractivity contribution in [3.63, 3.8) is 0 Å². The fourth-order valence-corrected chi connectivity index (χ4v) is 3.53. The zero-order valence-electron chi connectivity index (χ0n) is 15.3. The van der Waals surface area contributed by atoms with Crippen LogP contribution in [-0.4, -0.2) is 10.9 Å². The Morgan fingerprint density at radius 3 is 2.37 bits per heavy atom. The third-order valence-corrected chi connectivity index (χ3v) is 4.83. The molecule has 1 amide bonds. The van der Waals surface area contributed by atoms with Crippen molar-refractivity contribution >= 4 is 11.6 Å². The number of fused-ring (bicyclic) bond motifs is 1. The van der Waals surface area contributed by atoms with Gasteiger partial charge in [0.25, 0.3) is 0 Å². The molecule has 0 saturated carbocycles.